The Labute approximate surface area is 234 Å². The Bertz CT molecular complexity index is 1310. The van der Waals surface area contributed by atoms with Gasteiger partial charge in [0.2, 0.25) is 0 Å². The van der Waals surface area contributed by atoms with Crippen LogP contribution in [0.25, 0.3) is 11.3 Å². The van der Waals surface area contributed by atoms with Crippen LogP contribution in [-0.2, 0) is 9.53 Å². The number of hydrogen-bond donors (Lipinski definition) is 1. The van der Waals surface area contributed by atoms with Crippen molar-refractivity contribution >= 4 is 18.0 Å². The average Bonchev–Trinajstić information content (AvgIpc) is 3.42. The molecule has 1 fully saturated rings. The van der Waals surface area contributed by atoms with Gasteiger partial charge < -0.3 is 28.8 Å². The number of carbonyl (C=O) groups is 3. The Kier molecular flexibility index (Phi) is 9.98. The zero-order valence-electron chi connectivity index (χ0n) is 22.6. The van der Waals surface area contributed by atoms with E-state index in [0.717, 1.165) is 5.56 Å². The summed E-state index contributed by atoms with van der Waals surface area (Å²) in [4.78, 5) is 42.3. The number of amides is 2. The molecule has 0 bridgehead atoms. The monoisotopic (exact) mass is 577 g/mol. The highest BCUT2D eigenvalue weighted by Gasteiger charge is 2.38. The van der Waals surface area contributed by atoms with Gasteiger partial charge in [0.25, 0.3) is 5.91 Å². The van der Waals surface area contributed by atoms with E-state index >= 15 is 0 Å². The van der Waals surface area contributed by atoms with Crippen LogP contribution in [-0.4, -0.2) is 81.9 Å². The summed E-state index contributed by atoms with van der Waals surface area (Å²) in [6.45, 7) is 6.66. The summed E-state index contributed by atoms with van der Waals surface area (Å²) in [5.74, 6) is -1.54. The van der Waals surface area contributed by atoms with Crippen molar-refractivity contribution < 1.29 is 46.6 Å². The number of benzene rings is 1. The third-order valence-electron chi connectivity index (χ3n) is 5.59. The molecule has 0 aliphatic carbocycles. The van der Waals surface area contributed by atoms with Crippen LogP contribution >= 0.6 is 0 Å². The number of aliphatic carboxylic acids is 1. The maximum absolute atomic E-state index is 13.4. The number of nitrogens with zero attached hydrogens (tertiary/aromatic N) is 3. The predicted octanol–water partition coefficient (Wildman–Crippen LogP) is 5.12. The molecule has 220 valence electrons. The summed E-state index contributed by atoms with van der Waals surface area (Å²) in [6, 6.07) is 16.3. The van der Waals surface area contributed by atoms with E-state index in [1.807, 2.05) is 51.1 Å². The first-order chi connectivity index (χ1) is 19.2. The summed E-state index contributed by atoms with van der Waals surface area (Å²) >= 11 is 0. The number of aromatic nitrogens is 1. The van der Waals surface area contributed by atoms with Gasteiger partial charge in [-0.3, -0.25) is 9.78 Å². The van der Waals surface area contributed by atoms with E-state index in [9.17, 15) is 22.8 Å². The van der Waals surface area contributed by atoms with Crippen LogP contribution in [0.2, 0.25) is 0 Å². The standard InChI is InChI=1S/C26H29N3O5.C2HF3O2/c1-26(2,3)34-25(31)28-14-15-29(20(17-28)18-32-21-10-7-13-27-16-21)24(30)23-12-11-22(33-23)19-8-5-4-6-9-19;3-2(4,5)1(6)7/h4-13,16,20H,14-15,17-18H2,1-3H3;(H,6,7). The number of rotatable bonds is 5. The average molecular weight is 578 g/mol. The summed E-state index contributed by atoms with van der Waals surface area (Å²) in [7, 11) is 0. The van der Waals surface area contributed by atoms with Gasteiger partial charge in [-0.1, -0.05) is 30.3 Å². The first-order valence-electron chi connectivity index (χ1n) is 12.5. The minimum atomic E-state index is -5.08. The van der Waals surface area contributed by atoms with Gasteiger partial charge in [0, 0.05) is 31.4 Å². The SMILES string of the molecule is CC(C)(C)OC(=O)N1CCN(C(=O)c2ccc(-c3ccccc3)o2)C(COc2cccnc2)C1.O=C(O)C(F)(F)F. The third kappa shape index (κ3) is 9.26. The summed E-state index contributed by atoms with van der Waals surface area (Å²) in [6.07, 6.45) is -2.22. The van der Waals surface area contributed by atoms with Crippen molar-refractivity contribution in [3.8, 4) is 17.1 Å². The molecular weight excluding hydrogens is 547 g/mol. The molecule has 3 heterocycles. The van der Waals surface area contributed by atoms with Crippen molar-refractivity contribution in [2.75, 3.05) is 26.2 Å². The molecule has 3 aromatic rings. The van der Waals surface area contributed by atoms with E-state index in [0.29, 0.717) is 24.6 Å². The number of carboxylic acids is 1. The van der Waals surface area contributed by atoms with Gasteiger partial charge in [-0.2, -0.15) is 13.2 Å². The van der Waals surface area contributed by atoms with Gasteiger partial charge in [0.1, 0.15) is 23.7 Å². The van der Waals surface area contributed by atoms with E-state index in [4.69, 9.17) is 23.8 Å². The Balaban J connectivity index is 0.000000587. The number of piperazine rings is 1. The number of pyridine rings is 1. The lowest BCUT2D eigenvalue weighted by Crippen LogP contribution is -2.59. The second-order valence-electron chi connectivity index (χ2n) is 9.91. The molecule has 2 aromatic heterocycles. The zero-order valence-corrected chi connectivity index (χ0v) is 22.6. The Hall–Kier alpha value is -4.55. The second kappa shape index (κ2) is 13.2. The molecule has 1 aliphatic heterocycles. The molecule has 1 atom stereocenters. The number of furan rings is 1. The number of carboxylic acid groups (broad SMARTS) is 1. The highest BCUT2D eigenvalue weighted by Crippen LogP contribution is 2.25. The molecule has 1 N–H and O–H groups in total. The molecule has 1 unspecified atom stereocenters. The van der Waals surface area contributed by atoms with Gasteiger partial charge in [0.05, 0.1) is 12.2 Å². The van der Waals surface area contributed by atoms with Crippen molar-refractivity contribution in [3.63, 3.8) is 0 Å². The van der Waals surface area contributed by atoms with Crippen LogP contribution in [0.1, 0.15) is 31.3 Å². The lowest BCUT2D eigenvalue weighted by molar-refractivity contribution is -0.192. The van der Waals surface area contributed by atoms with Crippen LogP contribution in [0.5, 0.6) is 5.75 Å². The first-order valence-corrected chi connectivity index (χ1v) is 12.5. The van der Waals surface area contributed by atoms with Crippen LogP contribution in [0, 0.1) is 0 Å². The number of alkyl halides is 3. The van der Waals surface area contributed by atoms with Crippen molar-refractivity contribution in [1.29, 1.82) is 0 Å². The molecule has 13 heteroatoms. The maximum Gasteiger partial charge on any atom is 0.490 e. The fourth-order valence-corrected chi connectivity index (χ4v) is 3.73. The minimum absolute atomic E-state index is 0.197. The van der Waals surface area contributed by atoms with Crippen LogP contribution < -0.4 is 4.74 Å². The molecule has 1 saturated heterocycles. The normalized spacial score (nSPS) is 15.4. The molecule has 2 amide bonds. The van der Waals surface area contributed by atoms with Gasteiger partial charge in [-0.15, -0.1) is 0 Å². The van der Waals surface area contributed by atoms with Crippen molar-refractivity contribution in [1.82, 2.24) is 14.8 Å². The lowest BCUT2D eigenvalue weighted by Gasteiger charge is -2.41. The Morgan fingerprint density at radius 2 is 1.71 bits per heavy atom. The third-order valence-corrected chi connectivity index (χ3v) is 5.59. The summed E-state index contributed by atoms with van der Waals surface area (Å²) in [5, 5.41) is 7.12. The fraction of sp³-hybridized carbons (Fsp3) is 0.357. The second-order valence-corrected chi connectivity index (χ2v) is 9.91. The summed E-state index contributed by atoms with van der Waals surface area (Å²) < 4.78 is 49.1. The highest BCUT2D eigenvalue weighted by atomic mass is 19.4. The molecule has 0 spiro atoms. The molecule has 0 saturated carbocycles. The van der Waals surface area contributed by atoms with E-state index in [1.54, 1.807) is 46.5 Å². The van der Waals surface area contributed by atoms with Crippen LogP contribution in [0.4, 0.5) is 18.0 Å². The molecule has 10 nitrogen and oxygen atoms in total. The zero-order chi connectivity index (χ0) is 30.2. The molecule has 41 heavy (non-hydrogen) atoms. The smallest absolute Gasteiger partial charge is 0.490 e. The van der Waals surface area contributed by atoms with E-state index in [2.05, 4.69) is 4.98 Å². The Morgan fingerprint density at radius 3 is 2.29 bits per heavy atom. The molecule has 4 rings (SSSR count). The molecule has 1 aromatic carbocycles. The van der Waals surface area contributed by atoms with E-state index in [-0.39, 0.29) is 30.9 Å². The van der Waals surface area contributed by atoms with Gasteiger partial charge >= 0.3 is 18.2 Å². The molecular formula is C28H30F3N3O7. The number of halogens is 3. The lowest BCUT2D eigenvalue weighted by atomic mass is 10.1. The van der Waals surface area contributed by atoms with E-state index < -0.39 is 23.8 Å². The van der Waals surface area contributed by atoms with Crippen molar-refractivity contribution in [3.05, 3.63) is 72.8 Å². The summed E-state index contributed by atoms with van der Waals surface area (Å²) in [5.41, 5.74) is 0.293. The predicted molar refractivity (Wildman–Crippen MR) is 140 cm³/mol. The largest absolute Gasteiger partial charge is 0.490 e. The van der Waals surface area contributed by atoms with Crippen LogP contribution in [0.15, 0.2) is 71.4 Å². The van der Waals surface area contributed by atoms with Crippen molar-refractivity contribution in [2.24, 2.45) is 0 Å². The van der Waals surface area contributed by atoms with Crippen molar-refractivity contribution in [2.45, 2.75) is 38.6 Å². The Morgan fingerprint density at radius 1 is 1.02 bits per heavy atom. The van der Waals surface area contributed by atoms with Gasteiger partial charge in [-0.05, 0) is 45.0 Å². The topological polar surface area (TPSA) is 122 Å². The minimum Gasteiger partial charge on any atom is -0.490 e. The molecule has 0 radical (unpaired) electrons. The first kappa shape index (κ1) is 31.0. The highest BCUT2D eigenvalue weighted by molar-refractivity contribution is 5.92. The van der Waals surface area contributed by atoms with E-state index in [1.165, 1.54) is 0 Å². The van der Waals surface area contributed by atoms with Crippen LogP contribution in [0.3, 0.4) is 0 Å². The van der Waals surface area contributed by atoms with Gasteiger partial charge in [-0.25, -0.2) is 9.59 Å². The number of ether oxygens (including phenoxy) is 2. The number of hydrogen-bond acceptors (Lipinski definition) is 7. The number of carbonyl (C=O) groups excluding carboxylic acids is 2. The fourth-order valence-electron chi connectivity index (χ4n) is 3.73. The quantitative estimate of drug-likeness (QED) is 0.444. The molecule has 1 aliphatic rings. The van der Waals surface area contributed by atoms with Gasteiger partial charge in [0.15, 0.2) is 5.76 Å². The maximum atomic E-state index is 13.4.